The zero-order chi connectivity index (χ0) is 14.0. The first kappa shape index (κ1) is 14.1. The molecule has 1 saturated heterocycles. The van der Waals surface area contributed by atoms with E-state index < -0.39 is 0 Å². The molecule has 5 nitrogen and oxygen atoms in total. The van der Waals surface area contributed by atoms with Crippen LogP contribution in [0, 0.1) is 6.92 Å². The van der Waals surface area contributed by atoms with Crippen LogP contribution in [0.25, 0.3) is 0 Å². The summed E-state index contributed by atoms with van der Waals surface area (Å²) in [4.78, 5) is 22.8. The van der Waals surface area contributed by atoms with Crippen molar-refractivity contribution in [3.05, 3.63) is 16.5 Å². The summed E-state index contributed by atoms with van der Waals surface area (Å²) in [6, 6.07) is -0.178. The lowest BCUT2D eigenvalue weighted by molar-refractivity contribution is -0.123. The van der Waals surface area contributed by atoms with Crippen LogP contribution < -0.4 is 10.2 Å². The molecule has 0 aliphatic carbocycles. The summed E-state index contributed by atoms with van der Waals surface area (Å²) in [5.74, 6) is 1.56. The van der Waals surface area contributed by atoms with E-state index in [2.05, 4.69) is 15.3 Å². The first-order valence-corrected chi connectivity index (χ1v) is 7.03. The maximum absolute atomic E-state index is 11.9. The minimum atomic E-state index is -0.178. The van der Waals surface area contributed by atoms with Crippen molar-refractivity contribution < 1.29 is 4.79 Å². The number of hydrogen-bond donors (Lipinski definition) is 1. The Morgan fingerprint density at radius 2 is 2.16 bits per heavy atom. The lowest BCUT2D eigenvalue weighted by atomic mass is 10.1. The Balaban J connectivity index is 2.44. The van der Waals surface area contributed by atoms with Crippen molar-refractivity contribution in [2.75, 3.05) is 18.0 Å². The third kappa shape index (κ3) is 2.66. The Kier molecular flexibility index (Phi) is 4.24. The first-order chi connectivity index (χ1) is 9.08. The smallest absolute Gasteiger partial charge is 0.242 e. The predicted octanol–water partition coefficient (Wildman–Crippen LogP) is 1.72. The number of nitrogens with one attached hydrogen (secondary N) is 1. The molecule has 1 atom stereocenters. The van der Waals surface area contributed by atoms with Crippen molar-refractivity contribution in [1.82, 2.24) is 15.3 Å². The maximum Gasteiger partial charge on any atom is 0.242 e. The van der Waals surface area contributed by atoms with Crippen molar-refractivity contribution in [2.45, 2.75) is 39.7 Å². The van der Waals surface area contributed by atoms with Crippen molar-refractivity contribution in [1.29, 1.82) is 0 Å². The van der Waals surface area contributed by atoms with Crippen LogP contribution in [-0.2, 0) is 11.2 Å². The number of carbonyl (C=O) groups excluding carboxylic acids is 1. The second kappa shape index (κ2) is 5.74. The molecule has 0 bridgehead atoms. The minimum absolute atomic E-state index is 0.0564. The number of halogens is 1. The number of anilines is 1. The Morgan fingerprint density at radius 3 is 2.79 bits per heavy atom. The standard InChI is InChI=1S/C13H19ClN4O/c1-4-9-13(19)15-6-7-18(9)12-8(3)11(14)16-10(5-2)17-12/h9H,4-7H2,1-3H3,(H,15,19). The molecule has 0 aromatic carbocycles. The van der Waals surface area contributed by atoms with Crippen LogP contribution in [0.15, 0.2) is 0 Å². The number of rotatable bonds is 3. The van der Waals surface area contributed by atoms with Gasteiger partial charge in [0.2, 0.25) is 5.91 Å². The van der Waals surface area contributed by atoms with E-state index in [0.717, 1.165) is 30.8 Å². The second-order valence-corrected chi connectivity index (χ2v) is 5.00. The topological polar surface area (TPSA) is 58.1 Å². The molecule has 0 saturated carbocycles. The van der Waals surface area contributed by atoms with Crippen LogP contribution in [0.4, 0.5) is 5.82 Å². The van der Waals surface area contributed by atoms with E-state index in [4.69, 9.17) is 11.6 Å². The summed E-state index contributed by atoms with van der Waals surface area (Å²) in [6.07, 6.45) is 1.47. The summed E-state index contributed by atoms with van der Waals surface area (Å²) < 4.78 is 0. The highest BCUT2D eigenvalue weighted by Gasteiger charge is 2.30. The van der Waals surface area contributed by atoms with E-state index in [-0.39, 0.29) is 11.9 Å². The molecular formula is C13H19ClN4O. The fraction of sp³-hybridized carbons (Fsp3) is 0.615. The van der Waals surface area contributed by atoms with E-state index in [0.29, 0.717) is 17.5 Å². The summed E-state index contributed by atoms with van der Waals surface area (Å²) >= 11 is 6.17. The number of piperazine rings is 1. The van der Waals surface area contributed by atoms with Gasteiger partial charge < -0.3 is 10.2 Å². The van der Waals surface area contributed by atoms with Crippen LogP contribution in [0.3, 0.4) is 0 Å². The molecule has 1 fully saturated rings. The van der Waals surface area contributed by atoms with Gasteiger partial charge in [-0.05, 0) is 13.3 Å². The van der Waals surface area contributed by atoms with Gasteiger partial charge in [0, 0.05) is 25.1 Å². The molecule has 19 heavy (non-hydrogen) atoms. The van der Waals surface area contributed by atoms with Gasteiger partial charge in [-0.2, -0.15) is 0 Å². The van der Waals surface area contributed by atoms with Gasteiger partial charge >= 0.3 is 0 Å². The third-order valence-electron chi connectivity index (χ3n) is 3.41. The monoisotopic (exact) mass is 282 g/mol. The maximum atomic E-state index is 11.9. The average Bonchev–Trinajstić information content (AvgIpc) is 2.41. The van der Waals surface area contributed by atoms with E-state index >= 15 is 0 Å². The SMILES string of the molecule is CCc1nc(Cl)c(C)c(N2CCNC(=O)C2CC)n1. The number of aryl methyl sites for hydroxylation is 1. The van der Waals surface area contributed by atoms with Crippen molar-refractivity contribution in [3.63, 3.8) is 0 Å². The van der Waals surface area contributed by atoms with Gasteiger partial charge in [-0.1, -0.05) is 25.4 Å². The van der Waals surface area contributed by atoms with E-state index in [1.165, 1.54) is 0 Å². The average molecular weight is 283 g/mol. The Bertz CT molecular complexity index is 492. The molecule has 2 rings (SSSR count). The van der Waals surface area contributed by atoms with E-state index in [1.54, 1.807) is 0 Å². The number of amides is 1. The van der Waals surface area contributed by atoms with Gasteiger partial charge in [0.05, 0.1) is 0 Å². The zero-order valence-corrected chi connectivity index (χ0v) is 12.3. The van der Waals surface area contributed by atoms with Crippen LogP contribution in [0.1, 0.15) is 31.7 Å². The molecule has 2 heterocycles. The number of hydrogen-bond acceptors (Lipinski definition) is 4. The van der Waals surface area contributed by atoms with Gasteiger partial charge in [-0.15, -0.1) is 0 Å². The van der Waals surface area contributed by atoms with Crippen LogP contribution >= 0.6 is 11.6 Å². The Hall–Kier alpha value is -1.36. The molecule has 1 aliphatic heterocycles. The molecule has 1 N–H and O–H groups in total. The zero-order valence-electron chi connectivity index (χ0n) is 11.5. The molecule has 1 aromatic rings. The molecule has 104 valence electrons. The third-order valence-corrected chi connectivity index (χ3v) is 3.78. The lowest BCUT2D eigenvalue weighted by Crippen LogP contribution is -2.55. The predicted molar refractivity (Wildman–Crippen MR) is 75.6 cm³/mol. The highest BCUT2D eigenvalue weighted by atomic mass is 35.5. The number of carbonyl (C=O) groups is 1. The van der Waals surface area contributed by atoms with Crippen LogP contribution in [0.2, 0.25) is 5.15 Å². The van der Waals surface area contributed by atoms with E-state index in [9.17, 15) is 4.79 Å². The molecule has 0 radical (unpaired) electrons. The molecule has 1 amide bonds. The molecular weight excluding hydrogens is 264 g/mol. The van der Waals surface area contributed by atoms with Gasteiger partial charge in [0.25, 0.3) is 0 Å². The van der Waals surface area contributed by atoms with Gasteiger partial charge in [-0.25, -0.2) is 9.97 Å². The normalized spacial score (nSPS) is 19.5. The number of nitrogens with zero attached hydrogens (tertiary/aromatic N) is 3. The molecule has 0 spiro atoms. The molecule has 1 aliphatic rings. The summed E-state index contributed by atoms with van der Waals surface area (Å²) in [7, 11) is 0. The fourth-order valence-corrected chi connectivity index (χ4v) is 2.51. The first-order valence-electron chi connectivity index (χ1n) is 6.65. The van der Waals surface area contributed by atoms with Crippen LogP contribution in [0.5, 0.6) is 0 Å². The summed E-state index contributed by atoms with van der Waals surface area (Å²) in [5, 5.41) is 3.36. The van der Waals surface area contributed by atoms with Crippen molar-refractivity contribution in [3.8, 4) is 0 Å². The molecule has 1 unspecified atom stereocenters. The van der Waals surface area contributed by atoms with Gasteiger partial charge in [0.15, 0.2) is 0 Å². The lowest BCUT2D eigenvalue weighted by Gasteiger charge is -2.36. The van der Waals surface area contributed by atoms with Crippen molar-refractivity contribution >= 4 is 23.3 Å². The Morgan fingerprint density at radius 1 is 1.42 bits per heavy atom. The highest BCUT2D eigenvalue weighted by Crippen LogP contribution is 2.26. The highest BCUT2D eigenvalue weighted by molar-refractivity contribution is 6.30. The van der Waals surface area contributed by atoms with Gasteiger partial charge in [0.1, 0.15) is 22.8 Å². The van der Waals surface area contributed by atoms with Crippen LogP contribution in [-0.4, -0.2) is 35.0 Å². The van der Waals surface area contributed by atoms with Crippen molar-refractivity contribution in [2.24, 2.45) is 0 Å². The molecule has 6 heteroatoms. The van der Waals surface area contributed by atoms with E-state index in [1.807, 2.05) is 25.7 Å². The molecule has 1 aromatic heterocycles. The fourth-order valence-electron chi connectivity index (χ4n) is 2.33. The quantitative estimate of drug-likeness (QED) is 0.858. The summed E-state index contributed by atoms with van der Waals surface area (Å²) in [6.45, 7) is 7.28. The minimum Gasteiger partial charge on any atom is -0.353 e. The largest absolute Gasteiger partial charge is 0.353 e. The summed E-state index contributed by atoms with van der Waals surface area (Å²) in [5.41, 5.74) is 0.840. The number of aromatic nitrogens is 2. The Labute approximate surface area is 118 Å². The van der Waals surface area contributed by atoms with Gasteiger partial charge in [-0.3, -0.25) is 4.79 Å². The second-order valence-electron chi connectivity index (χ2n) is 4.64.